The lowest BCUT2D eigenvalue weighted by Crippen LogP contribution is -2.26. The topological polar surface area (TPSA) is 79.7 Å². The summed E-state index contributed by atoms with van der Waals surface area (Å²) in [6.45, 7) is 0. The molecule has 6 heteroatoms. The summed E-state index contributed by atoms with van der Waals surface area (Å²) in [6, 6.07) is 7.37. The van der Waals surface area contributed by atoms with Crippen LogP contribution in [0.25, 0.3) is 5.57 Å². The number of unbranched alkanes of at least 4 members (excludes halogenated alkanes) is 2. The van der Waals surface area contributed by atoms with E-state index in [2.05, 4.69) is 11.1 Å². The summed E-state index contributed by atoms with van der Waals surface area (Å²) in [5, 5.41) is 8.79. The zero-order valence-electron chi connectivity index (χ0n) is 15.4. The fraction of sp³-hybridized carbons (Fsp3) is 0.286. The van der Waals surface area contributed by atoms with Gasteiger partial charge in [0.15, 0.2) is 0 Å². The van der Waals surface area contributed by atoms with Gasteiger partial charge in [-0.1, -0.05) is 6.08 Å². The Hall–Kier alpha value is -3.15. The smallest absolute Gasteiger partial charge is 0.303 e. The van der Waals surface area contributed by atoms with Crippen molar-refractivity contribution in [1.29, 1.82) is 0 Å². The molecule has 3 rings (SSSR count). The third-order valence-electron chi connectivity index (χ3n) is 4.69. The fourth-order valence-electron chi connectivity index (χ4n) is 3.27. The number of aromatic nitrogens is 1. The number of benzene rings is 1. The van der Waals surface area contributed by atoms with Crippen molar-refractivity contribution in [2.24, 2.45) is 0 Å². The molecule has 0 aliphatic carbocycles. The highest BCUT2D eigenvalue weighted by Crippen LogP contribution is 2.39. The number of carbonyl (C=O) groups excluding carboxylic acids is 1. The van der Waals surface area contributed by atoms with E-state index >= 15 is 0 Å². The molecule has 0 saturated carbocycles. The van der Waals surface area contributed by atoms with Crippen LogP contribution in [0.5, 0.6) is 5.75 Å². The van der Waals surface area contributed by atoms with Crippen LogP contribution in [0.4, 0.5) is 5.69 Å². The number of ether oxygens (including phenoxy) is 1. The van der Waals surface area contributed by atoms with Crippen molar-refractivity contribution >= 4 is 23.1 Å². The highest BCUT2D eigenvalue weighted by molar-refractivity contribution is 6.13. The molecule has 0 atom stereocenters. The Morgan fingerprint density at radius 3 is 2.78 bits per heavy atom. The molecule has 0 saturated heterocycles. The van der Waals surface area contributed by atoms with Gasteiger partial charge in [-0.15, -0.1) is 0 Å². The molecule has 2 heterocycles. The van der Waals surface area contributed by atoms with E-state index in [-0.39, 0.29) is 12.3 Å². The minimum atomic E-state index is -0.783. The van der Waals surface area contributed by atoms with Gasteiger partial charge in [0.25, 0.3) is 5.91 Å². The number of nitrogens with zero attached hydrogens (tertiary/aromatic N) is 2. The third kappa shape index (κ3) is 3.84. The van der Waals surface area contributed by atoms with Crippen molar-refractivity contribution < 1.29 is 19.4 Å². The van der Waals surface area contributed by atoms with Crippen LogP contribution in [0.3, 0.4) is 0 Å². The standard InChI is InChI=1S/C21H22N2O4/c1-23-19-9-8-14(27-2)12-17(19)15(6-4-3-5-7-20(24)25)18-13-22-11-10-16(18)21(23)26/h6,8-13H,3-5,7H2,1-2H3,(H,24,25)/b15-6-. The van der Waals surface area contributed by atoms with Crippen LogP contribution in [0, 0.1) is 0 Å². The van der Waals surface area contributed by atoms with Gasteiger partial charge in [0, 0.05) is 37.0 Å². The maximum absolute atomic E-state index is 12.9. The second-order valence-electron chi connectivity index (χ2n) is 6.43. The quantitative estimate of drug-likeness (QED) is 0.788. The van der Waals surface area contributed by atoms with Gasteiger partial charge >= 0.3 is 5.97 Å². The molecule has 1 aliphatic rings. The summed E-state index contributed by atoms with van der Waals surface area (Å²) in [5.74, 6) is -0.166. The highest BCUT2D eigenvalue weighted by atomic mass is 16.5. The van der Waals surface area contributed by atoms with E-state index in [0.29, 0.717) is 24.2 Å². The van der Waals surface area contributed by atoms with Gasteiger partial charge in [-0.2, -0.15) is 0 Å². The van der Waals surface area contributed by atoms with E-state index in [1.807, 2.05) is 18.2 Å². The van der Waals surface area contributed by atoms with Crippen LogP contribution in [0.1, 0.15) is 47.2 Å². The molecule has 0 fully saturated rings. The molecule has 0 spiro atoms. The monoisotopic (exact) mass is 366 g/mol. The largest absolute Gasteiger partial charge is 0.497 e. The van der Waals surface area contributed by atoms with Gasteiger partial charge in [-0.05, 0) is 49.1 Å². The summed E-state index contributed by atoms with van der Waals surface area (Å²) in [4.78, 5) is 29.5. The first-order valence-corrected chi connectivity index (χ1v) is 8.85. The van der Waals surface area contributed by atoms with Crippen LogP contribution in [-0.2, 0) is 4.79 Å². The predicted molar refractivity (Wildman–Crippen MR) is 103 cm³/mol. The molecule has 2 aromatic rings. The van der Waals surface area contributed by atoms with Crippen LogP contribution in [-0.4, -0.2) is 36.1 Å². The van der Waals surface area contributed by atoms with Crippen molar-refractivity contribution in [3.63, 3.8) is 0 Å². The summed E-state index contributed by atoms with van der Waals surface area (Å²) in [5.41, 5.74) is 3.99. The van der Waals surface area contributed by atoms with Crippen LogP contribution in [0.15, 0.2) is 42.7 Å². The van der Waals surface area contributed by atoms with Crippen molar-refractivity contribution in [3.8, 4) is 5.75 Å². The van der Waals surface area contributed by atoms with Gasteiger partial charge in [0.2, 0.25) is 0 Å². The molecule has 0 bridgehead atoms. The maximum Gasteiger partial charge on any atom is 0.303 e. The third-order valence-corrected chi connectivity index (χ3v) is 4.69. The molecular formula is C21H22N2O4. The lowest BCUT2D eigenvalue weighted by molar-refractivity contribution is -0.137. The van der Waals surface area contributed by atoms with E-state index in [4.69, 9.17) is 9.84 Å². The Bertz CT molecular complexity index is 905. The van der Waals surface area contributed by atoms with Gasteiger partial charge < -0.3 is 14.7 Å². The molecule has 0 radical (unpaired) electrons. The molecule has 1 aromatic carbocycles. The molecule has 0 unspecified atom stereocenters. The lowest BCUT2D eigenvalue weighted by atomic mass is 9.94. The van der Waals surface area contributed by atoms with Crippen molar-refractivity contribution in [1.82, 2.24) is 4.98 Å². The molecule has 6 nitrogen and oxygen atoms in total. The van der Waals surface area contributed by atoms with Crippen LogP contribution < -0.4 is 9.64 Å². The molecule has 27 heavy (non-hydrogen) atoms. The van der Waals surface area contributed by atoms with E-state index < -0.39 is 5.97 Å². The van der Waals surface area contributed by atoms with E-state index in [9.17, 15) is 9.59 Å². The van der Waals surface area contributed by atoms with Gasteiger partial charge in [-0.3, -0.25) is 14.6 Å². The Kier molecular flexibility index (Phi) is 5.54. The number of hydrogen-bond acceptors (Lipinski definition) is 4. The number of fused-ring (bicyclic) bond motifs is 2. The number of methoxy groups -OCH3 is 1. The van der Waals surface area contributed by atoms with Crippen LogP contribution >= 0.6 is 0 Å². The number of carbonyl (C=O) groups is 2. The number of carboxylic acid groups (broad SMARTS) is 1. The van der Waals surface area contributed by atoms with E-state index in [0.717, 1.165) is 28.8 Å². The number of aliphatic carboxylic acids is 1. The second kappa shape index (κ2) is 8.03. The minimum absolute atomic E-state index is 0.0897. The summed E-state index contributed by atoms with van der Waals surface area (Å²) < 4.78 is 5.38. The Balaban J connectivity index is 2.07. The van der Waals surface area contributed by atoms with E-state index in [1.54, 1.807) is 37.5 Å². The lowest BCUT2D eigenvalue weighted by Gasteiger charge is -2.18. The first-order chi connectivity index (χ1) is 13.0. The van der Waals surface area contributed by atoms with Crippen LogP contribution in [0.2, 0.25) is 0 Å². The number of anilines is 1. The molecule has 1 aliphatic heterocycles. The number of hydrogen-bond donors (Lipinski definition) is 1. The summed E-state index contributed by atoms with van der Waals surface area (Å²) >= 11 is 0. The zero-order valence-corrected chi connectivity index (χ0v) is 15.4. The van der Waals surface area contributed by atoms with Gasteiger partial charge in [0.1, 0.15) is 5.75 Å². The molecule has 1 N–H and O–H groups in total. The summed E-state index contributed by atoms with van der Waals surface area (Å²) in [7, 11) is 3.37. The number of pyridine rings is 1. The number of rotatable bonds is 6. The average Bonchev–Trinajstić information content (AvgIpc) is 2.76. The second-order valence-corrected chi connectivity index (χ2v) is 6.43. The number of allylic oxidation sites excluding steroid dienone is 1. The van der Waals surface area contributed by atoms with Crippen molar-refractivity contribution in [3.05, 3.63) is 59.4 Å². The average molecular weight is 366 g/mol. The predicted octanol–water partition coefficient (Wildman–Crippen LogP) is 3.76. The van der Waals surface area contributed by atoms with Gasteiger partial charge in [-0.25, -0.2) is 0 Å². The zero-order chi connectivity index (χ0) is 19.4. The Morgan fingerprint density at radius 2 is 2.04 bits per heavy atom. The van der Waals surface area contributed by atoms with E-state index in [1.165, 1.54) is 0 Å². The summed E-state index contributed by atoms with van der Waals surface area (Å²) in [6.07, 6.45) is 7.63. The Morgan fingerprint density at radius 1 is 1.22 bits per heavy atom. The molecule has 140 valence electrons. The SMILES string of the molecule is COc1ccc2c(c1)/C(=C/CCCCC(=O)O)c1cnccc1C(=O)N2C. The fourth-order valence-corrected chi connectivity index (χ4v) is 3.27. The normalized spacial score (nSPS) is 14.5. The number of amides is 1. The molecule has 1 amide bonds. The minimum Gasteiger partial charge on any atom is -0.497 e. The molecular weight excluding hydrogens is 344 g/mol. The van der Waals surface area contributed by atoms with Gasteiger partial charge in [0.05, 0.1) is 18.4 Å². The Labute approximate surface area is 158 Å². The highest BCUT2D eigenvalue weighted by Gasteiger charge is 2.27. The first kappa shape index (κ1) is 18.6. The number of carboxylic acids is 1. The van der Waals surface area contributed by atoms with Crippen molar-refractivity contribution in [2.75, 3.05) is 19.1 Å². The maximum atomic E-state index is 12.9. The van der Waals surface area contributed by atoms with Crippen molar-refractivity contribution in [2.45, 2.75) is 25.7 Å². The molecule has 1 aromatic heterocycles. The first-order valence-electron chi connectivity index (χ1n) is 8.85.